The summed E-state index contributed by atoms with van der Waals surface area (Å²) >= 11 is 1.59. The predicted molar refractivity (Wildman–Crippen MR) is 94.5 cm³/mol. The van der Waals surface area contributed by atoms with E-state index in [1.54, 1.807) is 11.3 Å². The molecule has 3 nitrogen and oxygen atoms in total. The van der Waals surface area contributed by atoms with Crippen LogP contribution in [0.1, 0.15) is 39.5 Å². The summed E-state index contributed by atoms with van der Waals surface area (Å²) in [6.45, 7) is 14.0. The fourth-order valence-electron chi connectivity index (χ4n) is 1.43. The Morgan fingerprint density at radius 2 is 1.86 bits per heavy atom. The third kappa shape index (κ3) is 14.1. The van der Waals surface area contributed by atoms with Crippen LogP contribution in [0.5, 0.6) is 0 Å². The molecule has 0 aliphatic carbocycles. The number of nitrogens with zero attached hydrogens (tertiary/aromatic N) is 1. The van der Waals surface area contributed by atoms with Gasteiger partial charge in [-0.2, -0.15) is 0 Å². The maximum atomic E-state index is 11.4. The zero-order valence-electron chi connectivity index (χ0n) is 13.9. The highest BCUT2D eigenvalue weighted by Gasteiger charge is 2.06. The van der Waals surface area contributed by atoms with Crippen LogP contribution in [0, 0.1) is 5.92 Å². The number of carbonyl (C=O) groups excluding carboxylic acids is 1. The van der Waals surface area contributed by atoms with Crippen LogP contribution >= 0.6 is 23.7 Å². The minimum absolute atomic E-state index is 0. The van der Waals surface area contributed by atoms with Gasteiger partial charge in [-0.15, -0.1) is 23.7 Å². The molecule has 0 spiro atoms. The van der Waals surface area contributed by atoms with Gasteiger partial charge in [-0.3, -0.25) is 4.79 Å². The van der Waals surface area contributed by atoms with Crippen LogP contribution in [-0.2, 0) is 16.0 Å². The Hall–Kier alpha value is -0.580. The van der Waals surface area contributed by atoms with E-state index in [0.29, 0.717) is 13.0 Å². The lowest BCUT2D eigenvalue weighted by atomic mass is 10.3. The van der Waals surface area contributed by atoms with Gasteiger partial charge < -0.3 is 9.64 Å². The Kier molecular flexibility index (Phi) is 15.5. The van der Waals surface area contributed by atoms with Gasteiger partial charge in [-0.1, -0.05) is 40.7 Å². The first-order valence-corrected chi connectivity index (χ1v) is 8.27. The van der Waals surface area contributed by atoms with Crippen molar-refractivity contribution in [3.63, 3.8) is 0 Å². The van der Waals surface area contributed by atoms with Gasteiger partial charge in [-0.05, 0) is 30.5 Å². The average molecular weight is 336 g/mol. The van der Waals surface area contributed by atoms with E-state index in [1.165, 1.54) is 0 Å². The van der Waals surface area contributed by atoms with Crippen molar-refractivity contribution in [1.82, 2.24) is 4.90 Å². The summed E-state index contributed by atoms with van der Waals surface area (Å²) in [5.41, 5.74) is 0. The Bertz CT molecular complexity index is 335. The van der Waals surface area contributed by atoms with Gasteiger partial charge in [0.25, 0.3) is 0 Å². The zero-order chi connectivity index (χ0) is 15.4. The van der Waals surface area contributed by atoms with Crippen molar-refractivity contribution >= 4 is 29.7 Å². The molecule has 0 atom stereocenters. The molecule has 1 aromatic heterocycles. The van der Waals surface area contributed by atoms with Crippen molar-refractivity contribution in [1.29, 1.82) is 0 Å². The van der Waals surface area contributed by atoms with Crippen LogP contribution in [0.25, 0.3) is 0 Å². The van der Waals surface area contributed by atoms with E-state index in [0.717, 1.165) is 30.4 Å². The van der Waals surface area contributed by atoms with Gasteiger partial charge in [-0.25, -0.2) is 0 Å². The van der Waals surface area contributed by atoms with Crippen molar-refractivity contribution in [2.75, 3.05) is 26.2 Å². The van der Waals surface area contributed by atoms with Gasteiger partial charge in [0.1, 0.15) is 6.61 Å². The maximum absolute atomic E-state index is 11.4. The van der Waals surface area contributed by atoms with Gasteiger partial charge in [0.05, 0.1) is 6.42 Å². The monoisotopic (exact) mass is 335 g/mol. The van der Waals surface area contributed by atoms with Gasteiger partial charge in [0, 0.05) is 11.4 Å². The Balaban J connectivity index is 0. The topological polar surface area (TPSA) is 29.5 Å². The quantitative estimate of drug-likeness (QED) is 0.697. The molecule has 0 saturated carbocycles. The van der Waals surface area contributed by atoms with Crippen LogP contribution in [0.4, 0.5) is 0 Å². The Morgan fingerprint density at radius 1 is 1.29 bits per heavy atom. The molecule has 0 saturated heterocycles. The standard InChI is InChI=1S/C12H19NO2S.C4H10.ClH/c1-3-13(4-2)7-8-15-12(14)10-11-6-5-9-16-11;1-4(2)3;/h5-6,9H,3-4,7-8,10H2,1-2H3;4H,1-3H3;1H. The number of hydrogen-bond donors (Lipinski definition) is 0. The molecule has 21 heavy (non-hydrogen) atoms. The number of carbonyl (C=O) groups is 1. The van der Waals surface area contributed by atoms with E-state index in [9.17, 15) is 4.79 Å². The molecular formula is C16H30ClNO2S. The number of halogens is 1. The minimum atomic E-state index is -0.130. The predicted octanol–water partition coefficient (Wildman–Crippen LogP) is 4.26. The van der Waals surface area contributed by atoms with Gasteiger partial charge in [0.2, 0.25) is 0 Å². The molecule has 0 aromatic carbocycles. The summed E-state index contributed by atoms with van der Waals surface area (Å²) in [6, 6.07) is 3.90. The smallest absolute Gasteiger partial charge is 0.311 e. The molecule has 1 aromatic rings. The van der Waals surface area contributed by atoms with E-state index >= 15 is 0 Å². The Morgan fingerprint density at radius 3 is 2.29 bits per heavy atom. The Labute approximate surface area is 140 Å². The SMILES string of the molecule is CC(C)C.CCN(CC)CCOC(=O)Cc1cccs1.Cl. The van der Waals surface area contributed by atoms with Crippen LogP contribution < -0.4 is 0 Å². The summed E-state index contributed by atoms with van der Waals surface area (Å²) in [5, 5.41) is 1.97. The molecular weight excluding hydrogens is 306 g/mol. The lowest BCUT2D eigenvalue weighted by molar-refractivity contribution is -0.143. The number of rotatable bonds is 7. The van der Waals surface area contributed by atoms with Gasteiger partial charge in [0.15, 0.2) is 0 Å². The lowest BCUT2D eigenvalue weighted by Gasteiger charge is -2.17. The lowest BCUT2D eigenvalue weighted by Crippen LogP contribution is -2.28. The second-order valence-electron chi connectivity index (χ2n) is 5.24. The third-order valence-electron chi connectivity index (χ3n) is 2.46. The number of thiophene rings is 1. The molecule has 1 rings (SSSR count). The molecule has 0 aliphatic heterocycles. The second-order valence-corrected chi connectivity index (χ2v) is 6.27. The number of esters is 1. The molecule has 0 bridgehead atoms. The van der Waals surface area contributed by atoms with E-state index in [-0.39, 0.29) is 18.4 Å². The summed E-state index contributed by atoms with van der Waals surface area (Å²) in [4.78, 5) is 14.7. The fourth-order valence-corrected chi connectivity index (χ4v) is 2.13. The summed E-state index contributed by atoms with van der Waals surface area (Å²) in [5.74, 6) is 0.703. The highest BCUT2D eigenvalue weighted by atomic mass is 35.5. The largest absolute Gasteiger partial charge is 0.464 e. The summed E-state index contributed by atoms with van der Waals surface area (Å²) in [6.07, 6.45) is 0.399. The first kappa shape index (κ1) is 22.7. The molecule has 1 heterocycles. The molecule has 124 valence electrons. The van der Waals surface area contributed by atoms with E-state index < -0.39 is 0 Å². The minimum Gasteiger partial charge on any atom is -0.464 e. The number of ether oxygens (including phenoxy) is 1. The molecule has 0 unspecified atom stereocenters. The van der Waals surface area contributed by atoms with Crippen molar-refractivity contribution < 1.29 is 9.53 Å². The highest BCUT2D eigenvalue weighted by molar-refractivity contribution is 7.10. The molecule has 0 aliphatic rings. The molecule has 0 fully saturated rings. The van der Waals surface area contributed by atoms with Crippen molar-refractivity contribution in [3.05, 3.63) is 22.4 Å². The molecule has 0 amide bonds. The highest BCUT2D eigenvalue weighted by Crippen LogP contribution is 2.09. The molecule has 5 heteroatoms. The normalized spacial score (nSPS) is 9.86. The van der Waals surface area contributed by atoms with Crippen molar-refractivity contribution in [2.45, 2.75) is 41.0 Å². The fraction of sp³-hybridized carbons (Fsp3) is 0.688. The van der Waals surface area contributed by atoms with E-state index in [4.69, 9.17) is 4.74 Å². The third-order valence-corrected chi connectivity index (χ3v) is 3.34. The van der Waals surface area contributed by atoms with E-state index in [2.05, 4.69) is 39.5 Å². The number of likely N-dealkylation sites (N-methyl/N-ethyl adjacent to an activating group) is 1. The van der Waals surface area contributed by atoms with Crippen LogP contribution in [0.3, 0.4) is 0 Å². The van der Waals surface area contributed by atoms with Crippen LogP contribution in [-0.4, -0.2) is 37.1 Å². The second kappa shape index (κ2) is 14.4. The maximum Gasteiger partial charge on any atom is 0.311 e. The van der Waals surface area contributed by atoms with Crippen LogP contribution in [0.15, 0.2) is 17.5 Å². The molecule has 0 N–H and O–H groups in total. The van der Waals surface area contributed by atoms with Gasteiger partial charge >= 0.3 is 5.97 Å². The van der Waals surface area contributed by atoms with Crippen molar-refractivity contribution in [2.24, 2.45) is 5.92 Å². The first-order valence-electron chi connectivity index (χ1n) is 7.39. The van der Waals surface area contributed by atoms with Crippen molar-refractivity contribution in [3.8, 4) is 0 Å². The number of hydrogen-bond acceptors (Lipinski definition) is 4. The van der Waals surface area contributed by atoms with Crippen LogP contribution in [0.2, 0.25) is 0 Å². The molecule has 0 radical (unpaired) electrons. The summed E-state index contributed by atoms with van der Waals surface area (Å²) < 4.78 is 5.18. The first-order chi connectivity index (χ1) is 9.49. The zero-order valence-corrected chi connectivity index (χ0v) is 15.6. The summed E-state index contributed by atoms with van der Waals surface area (Å²) in [7, 11) is 0. The van der Waals surface area contributed by atoms with E-state index in [1.807, 2.05) is 17.5 Å². The average Bonchev–Trinajstić information content (AvgIpc) is 2.87.